The summed E-state index contributed by atoms with van der Waals surface area (Å²) in [4.78, 5) is 12.1. The first-order valence-electron chi connectivity index (χ1n) is 6.15. The molecule has 0 saturated heterocycles. The topological polar surface area (TPSA) is 67.0 Å². The van der Waals surface area contributed by atoms with E-state index in [0.29, 0.717) is 10.8 Å². The van der Waals surface area contributed by atoms with Crippen LogP contribution in [0.3, 0.4) is 0 Å². The number of hydrogen-bond acceptors (Lipinski definition) is 3. The van der Waals surface area contributed by atoms with Crippen LogP contribution in [0.5, 0.6) is 5.75 Å². The number of carbonyl (C=O) groups excluding carboxylic acids is 1. The van der Waals surface area contributed by atoms with Crippen molar-refractivity contribution in [3.05, 3.63) is 40.2 Å². The fourth-order valence-corrected chi connectivity index (χ4v) is 2.17. The van der Waals surface area contributed by atoms with Gasteiger partial charge in [-0.1, -0.05) is 11.6 Å². The number of carbonyl (C=O) groups is 1. The number of rotatable bonds is 4. The van der Waals surface area contributed by atoms with E-state index in [-0.39, 0.29) is 12.3 Å². The summed E-state index contributed by atoms with van der Waals surface area (Å²) >= 11 is 5.95. The van der Waals surface area contributed by atoms with Crippen molar-refractivity contribution < 1.29 is 9.53 Å². The van der Waals surface area contributed by atoms with Crippen LogP contribution in [0, 0.1) is 13.8 Å². The Morgan fingerprint density at radius 2 is 2.20 bits per heavy atom. The molecule has 2 rings (SSSR count). The van der Waals surface area contributed by atoms with Crippen LogP contribution in [0.25, 0.3) is 0 Å². The predicted molar refractivity (Wildman–Crippen MR) is 78.4 cm³/mol. The van der Waals surface area contributed by atoms with Crippen LogP contribution < -0.4 is 10.1 Å². The molecular weight excluding hydrogens is 278 g/mol. The van der Waals surface area contributed by atoms with E-state index in [4.69, 9.17) is 16.3 Å². The minimum absolute atomic E-state index is 0.141. The molecule has 0 bridgehead atoms. The van der Waals surface area contributed by atoms with E-state index in [2.05, 4.69) is 15.5 Å². The summed E-state index contributed by atoms with van der Waals surface area (Å²) < 4.78 is 5.23. The molecule has 1 aromatic heterocycles. The predicted octanol–water partition coefficient (Wildman–Crippen LogP) is 2.87. The van der Waals surface area contributed by atoms with E-state index in [1.807, 2.05) is 13.8 Å². The minimum atomic E-state index is -0.141. The zero-order valence-corrected chi connectivity index (χ0v) is 12.3. The first kappa shape index (κ1) is 14.4. The molecule has 6 heteroatoms. The Morgan fingerprint density at radius 3 is 2.80 bits per heavy atom. The maximum Gasteiger partial charge on any atom is 0.229 e. The highest BCUT2D eigenvalue weighted by Crippen LogP contribution is 2.24. The van der Waals surface area contributed by atoms with Crippen LogP contribution in [0.2, 0.25) is 5.02 Å². The van der Waals surface area contributed by atoms with Crippen molar-refractivity contribution in [1.82, 2.24) is 10.2 Å². The number of aromatic amines is 1. The summed E-state index contributed by atoms with van der Waals surface area (Å²) in [5.41, 5.74) is 3.05. The van der Waals surface area contributed by atoms with Gasteiger partial charge in [-0.2, -0.15) is 5.10 Å². The number of amides is 1. The summed E-state index contributed by atoms with van der Waals surface area (Å²) in [5.74, 6) is 0.503. The van der Waals surface area contributed by atoms with Gasteiger partial charge in [0.05, 0.1) is 30.6 Å². The molecule has 2 N–H and O–H groups in total. The maximum atomic E-state index is 12.1. The summed E-state index contributed by atoms with van der Waals surface area (Å²) in [6.07, 6.45) is 0.188. The third-order valence-electron chi connectivity index (χ3n) is 2.99. The lowest BCUT2D eigenvalue weighted by Gasteiger charge is -2.09. The number of H-pyrrole nitrogens is 1. The van der Waals surface area contributed by atoms with Crippen molar-refractivity contribution in [3.8, 4) is 5.75 Å². The third-order valence-corrected chi connectivity index (χ3v) is 3.22. The second kappa shape index (κ2) is 5.96. The monoisotopic (exact) mass is 293 g/mol. The van der Waals surface area contributed by atoms with Gasteiger partial charge in [-0.3, -0.25) is 9.89 Å². The molecule has 0 fully saturated rings. The van der Waals surface area contributed by atoms with Gasteiger partial charge in [0.25, 0.3) is 0 Å². The molecule has 0 spiro atoms. The maximum absolute atomic E-state index is 12.1. The molecule has 1 aromatic carbocycles. The average molecular weight is 294 g/mol. The fraction of sp³-hybridized carbons (Fsp3) is 0.286. The van der Waals surface area contributed by atoms with Gasteiger partial charge in [0.1, 0.15) is 5.75 Å². The molecule has 0 aliphatic rings. The summed E-state index contributed by atoms with van der Waals surface area (Å²) in [7, 11) is 1.56. The molecule has 5 nitrogen and oxygen atoms in total. The Bertz CT molecular complexity index is 618. The molecule has 0 aliphatic heterocycles. The van der Waals surface area contributed by atoms with Crippen LogP contribution in [-0.4, -0.2) is 23.2 Å². The molecule has 20 heavy (non-hydrogen) atoms. The molecule has 0 saturated carbocycles. The highest BCUT2D eigenvalue weighted by atomic mass is 35.5. The fourth-order valence-electron chi connectivity index (χ4n) is 1.98. The van der Waals surface area contributed by atoms with Crippen molar-refractivity contribution in [2.24, 2.45) is 0 Å². The highest BCUT2D eigenvalue weighted by Gasteiger charge is 2.13. The van der Waals surface area contributed by atoms with Crippen LogP contribution in [0.4, 0.5) is 5.69 Å². The van der Waals surface area contributed by atoms with Crippen LogP contribution in [0.1, 0.15) is 17.0 Å². The summed E-state index contributed by atoms with van der Waals surface area (Å²) in [6, 6.07) is 5.21. The quantitative estimate of drug-likeness (QED) is 0.911. The van der Waals surface area contributed by atoms with E-state index in [9.17, 15) is 4.79 Å². The van der Waals surface area contributed by atoms with E-state index in [1.54, 1.807) is 25.3 Å². The van der Waals surface area contributed by atoms with Gasteiger partial charge in [0.2, 0.25) is 5.91 Å². The lowest BCUT2D eigenvalue weighted by Crippen LogP contribution is -2.15. The number of hydrogen-bond donors (Lipinski definition) is 2. The van der Waals surface area contributed by atoms with Crippen molar-refractivity contribution in [2.45, 2.75) is 20.3 Å². The number of nitrogens with zero attached hydrogens (tertiary/aromatic N) is 1. The Labute approximate surface area is 122 Å². The Balaban J connectivity index is 2.14. The zero-order chi connectivity index (χ0) is 14.7. The van der Waals surface area contributed by atoms with Crippen molar-refractivity contribution in [1.29, 1.82) is 0 Å². The number of aryl methyl sites for hydroxylation is 2. The molecule has 0 unspecified atom stereocenters. The van der Waals surface area contributed by atoms with E-state index in [1.165, 1.54) is 0 Å². The van der Waals surface area contributed by atoms with Gasteiger partial charge in [-0.05, 0) is 32.0 Å². The number of aromatic nitrogens is 2. The van der Waals surface area contributed by atoms with Crippen molar-refractivity contribution >= 4 is 23.2 Å². The van der Waals surface area contributed by atoms with Gasteiger partial charge >= 0.3 is 0 Å². The average Bonchev–Trinajstić information content (AvgIpc) is 2.71. The highest BCUT2D eigenvalue weighted by molar-refractivity contribution is 6.30. The number of anilines is 1. The summed E-state index contributed by atoms with van der Waals surface area (Å²) in [6.45, 7) is 3.69. The van der Waals surface area contributed by atoms with E-state index in [0.717, 1.165) is 22.6 Å². The molecule has 106 valence electrons. The van der Waals surface area contributed by atoms with Gasteiger partial charge in [0.15, 0.2) is 0 Å². The Hall–Kier alpha value is -2.01. The number of methoxy groups -OCH3 is 1. The molecule has 1 amide bonds. The zero-order valence-electron chi connectivity index (χ0n) is 11.6. The molecule has 2 aromatic rings. The molecular formula is C14H16ClN3O2. The van der Waals surface area contributed by atoms with Crippen molar-refractivity contribution in [3.63, 3.8) is 0 Å². The van der Waals surface area contributed by atoms with Crippen molar-refractivity contribution in [2.75, 3.05) is 12.4 Å². The second-order valence-corrected chi connectivity index (χ2v) is 4.93. The SMILES string of the molecule is COc1ccc(Cl)cc1CC(=O)Nc1c(C)n[nH]c1C. The van der Waals surface area contributed by atoms with Crippen LogP contribution in [-0.2, 0) is 11.2 Å². The van der Waals surface area contributed by atoms with Gasteiger partial charge in [-0.25, -0.2) is 0 Å². The first-order chi connectivity index (χ1) is 9.51. The van der Waals surface area contributed by atoms with E-state index >= 15 is 0 Å². The van der Waals surface area contributed by atoms with Gasteiger partial charge < -0.3 is 10.1 Å². The lowest BCUT2D eigenvalue weighted by atomic mass is 10.1. The molecule has 1 heterocycles. The Kier molecular flexibility index (Phi) is 4.29. The smallest absolute Gasteiger partial charge is 0.229 e. The summed E-state index contributed by atoms with van der Waals surface area (Å²) in [5, 5.41) is 10.3. The second-order valence-electron chi connectivity index (χ2n) is 4.49. The van der Waals surface area contributed by atoms with Gasteiger partial charge in [-0.15, -0.1) is 0 Å². The molecule has 0 radical (unpaired) electrons. The standard InChI is InChI=1S/C14H16ClN3O2/c1-8-14(9(2)18-17-8)16-13(19)7-10-6-11(15)4-5-12(10)20-3/h4-6H,7H2,1-3H3,(H,16,19)(H,17,18). The van der Waals surface area contributed by atoms with Crippen LogP contribution in [0.15, 0.2) is 18.2 Å². The minimum Gasteiger partial charge on any atom is -0.496 e. The van der Waals surface area contributed by atoms with Gasteiger partial charge in [0, 0.05) is 10.6 Å². The molecule has 0 aliphatic carbocycles. The first-order valence-corrected chi connectivity index (χ1v) is 6.53. The Morgan fingerprint density at radius 1 is 1.45 bits per heavy atom. The van der Waals surface area contributed by atoms with Crippen LogP contribution >= 0.6 is 11.6 Å². The third kappa shape index (κ3) is 3.11. The lowest BCUT2D eigenvalue weighted by molar-refractivity contribution is -0.115. The molecule has 0 atom stereocenters. The largest absolute Gasteiger partial charge is 0.496 e. The number of halogens is 1. The number of ether oxygens (including phenoxy) is 1. The number of nitrogens with one attached hydrogen (secondary N) is 2. The number of benzene rings is 1. The van der Waals surface area contributed by atoms with E-state index < -0.39 is 0 Å². The normalized spacial score (nSPS) is 10.4.